The van der Waals surface area contributed by atoms with Gasteiger partial charge in [0, 0.05) is 45.2 Å². The predicted molar refractivity (Wildman–Crippen MR) is 70.9 cm³/mol. The maximum absolute atomic E-state index is 13.0. The van der Waals surface area contributed by atoms with Crippen LogP contribution in [0.4, 0.5) is 30.7 Å². The highest BCUT2D eigenvalue weighted by atomic mass is 127. The van der Waals surface area contributed by atoms with E-state index in [1.807, 2.05) is 0 Å². The van der Waals surface area contributed by atoms with Crippen LogP contribution in [0.5, 0.6) is 0 Å². The van der Waals surface area contributed by atoms with Crippen molar-refractivity contribution >= 4 is 56.8 Å². The van der Waals surface area contributed by atoms with Gasteiger partial charge >= 0.3 is 13.8 Å². The van der Waals surface area contributed by atoms with Crippen LogP contribution in [0.15, 0.2) is 24.3 Å². The molecule has 0 aromatic rings. The Balaban J connectivity index is 4.80. The molecule has 0 amide bonds. The molecule has 106 valence electrons. The third-order valence-electron chi connectivity index (χ3n) is 1.48. The van der Waals surface area contributed by atoms with Crippen LogP contribution in [-0.2, 0) is 0 Å². The van der Waals surface area contributed by atoms with E-state index in [2.05, 4.69) is 0 Å². The van der Waals surface area contributed by atoms with Crippen LogP contribution in [-0.4, -0.2) is 18.9 Å². The molecule has 18 heavy (non-hydrogen) atoms. The molecule has 0 radical (unpaired) electrons. The lowest BCUT2D eigenvalue weighted by atomic mass is 10.3. The fourth-order valence-electron chi connectivity index (χ4n) is 0.542. The van der Waals surface area contributed by atoms with E-state index in [-0.39, 0.29) is 34.7 Å². The Morgan fingerprint density at radius 2 is 1.11 bits per heavy atom. The van der Waals surface area contributed by atoms with Crippen molar-refractivity contribution in [3.8, 4) is 0 Å². The van der Waals surface area contributed by atoms with Gasteiger partial charge in [0.15, 0.2) is 0 Å². The second-order valence-electron chi connectivity index (χ2n) is 2.96. The Kier molecular flexibility index (Phi) is 6.27. The molecule has 1 atom stereocenters. The summed E-state index contributed by atoms with van der Waals surface area (Å²) < 4.78 is 79.5. The summed E-state index contributed by atoms with van der Waals surface area (Å²) >= 11 is 5.41. The van der Waals surface area contributed by atoms with Gasteiger partial charge in [-0.15, -0.1) is 0 Å². The molecule has 0 fully saturated rings. The van der Waals surface area contributed by atoms with Crippen molar-refractivity contribution in [3.05, 3.63) is 24.3 Å². The normalized spacial score (nSPS) is 18.6. The van der Waals surface area contributed by atoms with Crippen LogP contribution in [0, 0.1) is 0 Å². The molecule has 0 heterocycles. The highest BCUT2D eigenvalue weighted by Crippen LogP contribution is 2.43. The van der Waals surface area contributed by atoms with Crippen molar-refractivity contribution in [1.82, 2.24) is 0 Å². The molecular formula is C8H4ClF7I2. The Labute approximate surface area is 130 Å². The summed E-state index contributed by atoms with van der Waals surface area (Å²) in [5, 5.41) is -3.60. The maximum atomic E-state index is 13.0. The monoisotopic (exact) mass is 522 g/mol. The van der Waals surface area contributed by atoms with Gasteiger partial charge in [0.1, 0.15) is 0 Å². The molecule has 0 nitrogen and oxygen atoms in total. The average Bonchev–Trinajstić information content (AvgIpc) is 2.08. The quantitative estimate of drug-likeness (QED) is 0.188. The van der Waals surface area contributed by atoms with Crippen molar-refractivity contribution in [2.24, 2.45) is 0 Å². The van der Waals surface area contributed by atoms with Crippen molar-refractivity contribution in [3.63, 3.8) is 0 Å². The molecule has 0 aliphatic rings. The first-order valence-corrected chi connectivity index (χ1v) is 6.50. The summed E-state index contributed by atoms with van der Waals surface area (Å²) in [6, 6.07) is 0. The van der Waals surface area contributed by atoms with Gasteiger partial charge in [0.2, 0.25) is 0 Å². The minimum Gasteiger partial charge on any atom is -0.214 e. The first-order chi connectivity index (χ1) is 7.71. The summed E-state index contributed by atoms with van der Waals surface area (Å²) in [6.07, 6.45) is 0.550. The fraction of sp³-hybridized carbons (Fsp3) is 0.500. The Morgan fingerprint density at radius 1 is 0.722 bits per heavy atom. The topological polar surface area (TPSA) is 0 Å². The lowest BCUT2D eigenvalue weighted by Gasteiger charge is -2.19. The summed E-state index contributed by atoms with van der Waals surface area (Å²) in [7, 11) is 0. The highest BCUT2D eigenvalue weighted by Gasteiger charge is 2.52. The highest BCUT2D eigenvalue weighted by molar-refractivity contribution is 14.1. The lowest BCUT2D eigenvalue weighted by molar-refractivity contribution is -0.103. The van der Waals surface area contributed by atoms with Crippen LogP contribution in [0.25, 0.3) is 0 Å². The van der Waals surface area contributed by atoms with Crippen LogP contribution in [0.3, 0.4) is 0 Å². The second-order valence-corrected chi connectivity index (χ2v) is 6.22. The second kappa shape index (κ2) is 6.02. The van der Waals surface area contributed by atoms with Crippen molar-refractivity contribution in [2.45, 2.75) is 18.9 Å². The molecule has 0 spiro atoms. The Bertz CT molecular complexity index is 306. The van der Waals surface area contributed by atoms with Crippen molar-refractivity contribution < 1.29 is 30.7 Å². The number of hydrogen-bond donors (Lipinski definition) is 0. The molecule has 0 N–H and O–H groups in total. The van der Waals surface area contributed by atoms with Crippen LogP contribution in [0.2, 0.25) is 0 Å². The van der Waals surface area contributed by atoms with Crippen LogP contribution >= 0.6 is 56.8 Å². The van der Waals surface area contributed by atoms with Crippen LogP contribution in [0.1, 0.15) is 0 Å². The minimum absolute atomic E-state index is 0.0823. The standard InChI is InChI=1S/C8H4ClF7I2/c9-5(10,7(13,14)17)3-1-2-4-6(11,12)8(15,16)18/h1-4H. The molecule has 0 rings (SSSR count). The van der Waals surface area contributed by atoms with E-state index in [0.717, 1.165) is 0 Å². The third-order valence-corrected chi connectivity index (χ3v) is 3.66. The number of rotatable bonds is 5. The molecule has 0 saturated carbocycles. The van der Waals surface area contributed by atoms with E-state index in [1.165, 1.54) is 0 Å². The third kappa shape index (κ3) is 5.39. The van der Waals surface area contributed by atoms with Gasteiger partial charge < -0.3 is 0 Å². The minimum atomic E-state index is -4.49. The number of allylic oxidation sites excluding steroid dienone is 4. The summed E-state index contributed by atoms with van der Waals surface area (Å²) in [6.45, 7) is 0. The lowest BCUT2D eigenvalue weighted by Crippen LogP contribution is -2.32. The van der Waals surface area contributed by atoms with E-state index < -0.39 is 18.9 Å². The van der Waals surface area contributed by atoms with Crippen molar-refractivity contribution in [2.75, 3.05) is 0 Å². The fourth-order valence-corrected chi connectivity index (χ4v) is 0.974. The molecular weight excluding hydrogens is 518 g/mol. The van der Waals surface area contributed by atoms with Gasteiger partial charge in [-0.3, -0.25) is 0 Å². The van der Waals surface area contributed by atoms with Gasteiger partial charge in [-0.2, -0.15) is 26.3 Å². The summed E-state index contributed by atoms with van der Waals surface area (Å²) in [5.41, 5.74) is 0. The van der Waals surface area contributed by atoms with Gasteiger partial charge in [-0.05, 0) is 12.2 Å². The zero-order chi connectivity index (χ0) is 14.8. The largest absolute Gasteiger partial charge is 0.362 e. The Hall–Kier alpha value is 0.740. The Morgan fingerprint density at radius 3 is 1.44 bits per heavy atom. The molecule has 10 heteroatoms. The van der Waals surface area contributed by atoms with Gasteiger partial charge in [-0.1, -0.05) is 23.8 Å². The van der Waals surface area contributed by atoms with Gasteiger partial charge in [0.25, 0.3) is 5.13 Å². The number of halogens is 10. The van der Waals surface area contributed by atoms with Gasteiger partial charge in [0.05, 0.1) is 0 Å². The van der Waals surface area contributed by atoms with E-state index >= 15 is 0 Å². The van der Waals surface area contributed by atoms with E-state index in [9.17, 15) is 30.7 Å². The number of hydrogen-bond acceptors (Lipinski definition) is 0. The molecule has 0 bridgehead atoms. The van der Waals surface area contributed by atoms with Crippen LogP contribution < -0.4 is 0 Å². The zero-order valence-electron chi connectivity index (χ0n) is 8.09. The van der Waals surface area contributed by atoms with Gasteiger partial charge in [-0.25, -0.2) is 4.39 Å². The van der Waals surface area contributed by atoms with E-state index in [1.54, 1.807) is 0 Å². The smallest absolute Gasteiger partial charge is 0.214 e. The summed E-state index contributed by atoms with van der Waals surface area (Å²) in [5.74, 6) is -4.49. The average molecular weight is 522 g/mol. The predicted octanol–water partition coefficient (Wildman–Crippen LogP) is 5.69. The molecule has 0 aromatic carbocycles. The van der Waals surface area contributed by atoms with E-state index in [0.29, 0.717) is 34.7 Å². The SMILES string of the molecule is FC(F)(I)C(F)(F)C=CC=CC(F)(Cl)C(F)(F)I. The molecule has 0 aliphatic heterocycles. The molecule has 0 aliphatic carbocycles. The molecule has 0 saturated heterocycles. The molecule has 0 aromatic heterocycles. The molecule has 1 unspecified atom stereocenters. The number of alkyl halides is 10. The summed E-state index contributed by atoms with van der Waals surface area (Å²) in [4.78, 5) is 0. The van der Waals surface area contributed by atoms with E-state index in [4.69, 9.17) is 11.6 Å². The first kappa shape index (κ1) is 18.7. The zero-order valence-corrected chi connectivity index (χ0v) is 13.2. The van der Waals surface area contributed by atoms with Crippen molar-refractivity contribution in [1.29, 1.82) is 0 Å². The first-order valence-electron chi connectivity index (χ1n) is 3.97. The maximum Gasteiger partial charge on any atom is 0.362 e.